The normalized spacial score (nSPS) is 14.5. The van der Waals surface area contributed by atoms with E-state index in [0.717, 1.165) is 72.4 Å². The van der Waals surface area contributed by atoms with Crippen LogP contribution in [0.2, 0.25) is 0 Å². The Hall–Kier alpha value is -11.6. The first-order valence-electron chi connectivity index (χ1n) is 31.8. The molecular formula is C89H55NO. The lowest BCUT2D eigenvalue weighted by Crippen LogP contribution is -2.32. The zero-order valence-corrected chi connectivity index (χ0v) is 49.6. The van der Waals surface area contributed by atoms with Crippen molar-refractivity contribution in [3.8, 4) is 67.1 Å². The van der Waals surface area contributed by atoms with Gasteiger partial charge in [0.05, 0.1) is 21.9 Å². The zero-order valence-electron chi connectivity index (χ0n) is 49.6. The SMILES string of the molecule is c1ccc(C2(c3ccccc3)c3ccccc3-c3cc(N(c4ccc(-c5ccc6c(c5)C5(c7ccccc7-6)c6ccc7ccccc7c6Oc6c5ccc5ccccc65)cc4)c4cccc5c4-c4ccccc4C54c5ccccc5-c5ccccc54)ccc32)cc1. The van der Waals surface area contributed by atoms with Crippen molar-refractivity contribution in [2.24, 2.45) is 0 Å². The summed E-state index contributed by atoms with van der Waals surface area (Å²) in [5.41, 5.74) is 29.2. The van der Waals surface area contributed by atoms with Gasteiger partial charge in [-0.1, -0.05) is 297 Å². The van der Waals surface area contributed by atoms with Gasteiger partial charge in [-0.25, -0.2) is 0 Å². The molecule has 1 heterocycles. The van der Waals surface area contributed by atoms with Gasteiger partial charge in [0.25, 0.3) is 0 Å². The number of anilines is 3. The van der Waals surface area contributed by atoms with Crippen molar-refractivity contribution in [1.82, 2.24) is 0 Å². The number of rotatable bonds is 6. The Bertz CT molecular complexity index is 5410. The van der Waals surface area contributed by atoms with Crippen molar-refractivity contribution in [2.45, 2.75) is 16.2 Å². The third-order valence-electron chi connectivity index (χ3n) is 21.2. The lowest BCUT2D eigenvalue weighted by Gasteiger charge is -2.40. The standard InChI is InChI=1S/C89H55NO/c1-3-24-60(25-4-1)87(61-26-5-2-6-27-61)73-35-16-14-33-69(73)72-55-63(49-53-78(72)87)90(83-41-21-40-79-84(83)71-34-15-20-39-77(71)88(79)74-36-17-11-30-66(74)67-31-12-18-37-75(67)88)62-47-42-56(43-48-62)59-44-50-70-68-32-13-19-38-76(68)89(82(70)54-59)80-51-45-57-22-7-9-28-64(57)85(80)91-86-65-29-10-8-23-58(65)46-52-81(86)89/h1-55H. The van der Waals surface area contributed by atoms with Gasteiger partial charge in [0.2, 0.25) is 0 Å². The first-order chi connectivity index (χ1) is 45.1. The monoisotopic (exact) mass is 1150 g/mol. The molecule has 2 spiro atoms. The molecule has 91 heavy (non-hydrogen) atoms. The fourth-order valence-corrected chi connectivity index (χ4v) is 17.7. The van der Waals surface area contributed by atoms with Gasteiger partial charge in [-0.2, -0.15) is 0 Å². The van der Waals surface area contributed by atoms with Crippen LogP contribution in [0, 0.1) is 0 Å². The molecule has 2 heteroatoms. The molecule has 20 rings (SSSR count). The van der Waals surface area contributed by atoms with E-state index in [2.05, 4.69) is 339 Å². The van der Waals surface area contributed by atoms with E-state index in [1.165, 1.54) is 100 Å². The number of ether oxygens (including phenoxy) is 1. The molecule has 5 aliphatic rings. The van der Waals surface area contributed by atoms with Crippen molar-refractivity contribution in [1.29, 1.82) is 0 Å². The van der Waals surface area contributed by atoms with Crippen LogP contribution in [0.5, 0.6) is 11.5 Å². The fraction of sp³-hybridized carbons (Fsp3) is 0.0337. The molecule has 15 aromatic carbocycles. The average molecular weight is 1150 g/mol. The Labute approximate surface area is 528 Å². The first-order valence-corrected chi connectivity index (χ1v) is 31.8. The van der Waals surface area contributed by atoms with E-state index in [9.17, 15) is 0 Å². The highest BCUT2D eigenvalue weighted by molar-refractivity contribution is 6.04. The number of fused-ring (bicyclic) bond motifs is 26. The topological polar surface area (TPSA) is 12.5 Å². The minimum absolute atomic E-state index is 0.511. The molecule has 2 nitrogen and oxygen atoms in total. The maximum Gasteiger partial charge on any atom is 0.140 e. The van der Waals surface area contributed by atoms with E-state index in [0.29, 0.717) is 0 Å². The third kappa shape index (κ3) is 6.50. The minimum atomic E-state index is -0.665. The van der Waals surface area contributed by atoms with E-state index in [-0.39, 0.29) is 0 Å². The predicted molar refractivity (Wildman–Crippen MR) is 373 cm³/mol. The van der Waals surface area contributed by atoms with Crippen molar-refractivity contribution in [2.75, 3.05) is 4.90 Å². The number of benzene rings is 15. The van der Waals surface area contributed by atoms with E-state index in [1.54, 1.807) is 0 Å². The van der Waals surface area contributed by atoms with Gasteiger partial charge in [0, 0.05) is 38.8 Å². The molecule has 0 saturated heterocycles. The summed E-state index contributed by atoms with van der Waals surface area (Å²) in [6.07, 6.45) is 0. The van der Waals surface area contributed by atoms with Gasteiger partial charge in [0.1, 0.15) is 11.5 Å². The Morgan fingerprint density at radius 2 is 0.637 bits per heavy atom. The summed E-state index contributed by atoms with van der Waals surface area (Å²) in [5, 5.41) is 4.54. The number of nitrogens with zero attached hydrogens (tertiary/aromatic N) is 1. The molecule has 15 aromatic rings. The van der Waals surface area contributed by atoms with Crippen LogP contribution in [0.15, 0.2) is 334 Å². The molecule has 1 aliphatic heterocycles. The highest BCUT2D eigenvalue weighted by Crippen LogP contribution is 2.67. The lowest BCUT2D eigenvalue weighted by molar-refractivity contribution is 0.447. The summed E-state index contributed by atoms with van der Waals surface area (Å²) < 4.78 is 7.34. The molecule has 0 N–H and O–H groups in total. The lowest BCUT2D eigenvalue weighted by atomic mass is 9.65. The van der Waals surface area contributed by atoms with Gasteiger partial charge >= 0.3 is 0 Å². The summed E-state index contributed by atoms with van der Waals surface area (Å²) in [6.45, 7) is 0. The Morgan fingerprint density at radius 3 is 1.21 bits per heavy atom. The van der Waals surface area contributed by atoms with Gasteiger partial charge < -0.3 is 9.64 Å². The van der Waals surface area contributed by atoms with Gasteiger partial charge in [-0.3, -0.25) is 0 Å². The van der Waals surface area contributed by atoms with E-state index in [4.69, 9.17) is 4.74 Å². The molecule has 0 radical (unpaired) electrons. The number of hydrogen-bond donors (Lipinski definition) is 0. The van der Waals surface area contributed by atoms with Crippen LogP contribution in [0.1, 0.15) is 66.8 Å². The van der Waals surface area contributed by atoms with Crippen LogP contribution in [0.3, 0.4) is 0 Å². The predicted octanol–water partition coefficient (Wildman–Crippen LogP) is 22.3. The highest BCUT2D eigenvalue weighted by Gasteiger charge is 2.54. The summed E-state index contributed by atoms with van der Waals surface area (Å²) >= 11 is 0. The van der Waals surface area contributed by atoms with Crippen LogP contribution in [-0.2, 0) is 16.2 Å². The van der Waals surface area contributed by atoms with E-state index >= 15 is 0 Å². The summed E-state index contributed by atoms with van der Waals surface area (Å²) in [6, 6.07) is 125. The van der Waals surface area contributed by atoms with E-state index in [1.807, 2.05) is 0 Å². The van der Waals surface area contributed by atoms with Crippen molar-refractivity contribution >= 4 is 38.6 Å². The van der Waals surface area contributed by atoms with Gasteiger partial charge in [-0.15, -0.1) is 0 Å². The molecule has 0 fully saturated rings. The van der Waals surface area contributed by atoms with Crippen molar-refractivity contribution < 1.29 is 4.74 Å². The molecule has 0 saturated carbocycles. The molecule has 0 aromatic heterocycles. The van der Waals surface area contributed by atoms with Gasteiger partial charge in [0.15, 0.2) is 0 Å². The molecular weight excluding hydrogens is 1100 g/mol. The third-order valence-corrected chi connectivity index (χ3v) is 21.2. The summed E-state index contributed by atoms with van der Waals surface area (Å²) in [7, 11) is 0. The summed E-state index contributed by atoms with van der Waals surface area (Å²) in [4.78, 5) is 2.55. The second kappa shape index (κ2) is 18.7. The minimum Gasteiger partial charge on any atom is -0.455 e. The molecule has 0 atom stereocenters. The zero-order chi connectivity index (χ0) is 59.6. The van der Waals surface area contributed by atoms with Gasteiger partial charge in [-0.05, 0) is 153 Å². The quantitative estimate of drug-likeness (QED) is 0.165. The highest BCUT2D eigenvalue weighted by atomic mass is 16.5. The van der Waals surface area contributed by atoms with Crippen molar-refractivity contribution in [3.63, 3.8) is 0 Å². The largest absolute Gasteiger partial charge is 0.455 e. The van der Waals surface area contributed by atoms with E-state index < -0.39 is 16.2 Å². The average Bonchev–Trinajstić information content (AvgIpc) is 1.56. The summed E-state index contributed by atoms with van der Waals surface area (Å²) in [5.74, 6) is 1.84. The second-order valence-corrected chi connectivity index (χ2v) is 25.2. The Morgan fingerprint density at radius 1 is 0.231 bits per heavy atom. The van der Waals surface area contributed by atoms with Crippen LogP contribution < -0.4 is 9.64 Å². The van der Waals surface area contributed by atoms with Crippen LogP contribution in [0.4, 0.5) is 17.1 Å². The number of hydrogen-bond acceptors (Lipinski definition) is 2. The molecule has 0 unspecified atom stereocenters. The Balaban J connectivity index is 0.809. The maximum atomic E-state index is 7.34. The molecule has 4 aliphatic carbocycles. The van der Waals surface area contributed by atoms with Crippen molar-refractivity contribution in [3.05, 3.63) is 400 Å². The second-order valence-electron chi connectivity index (χ2n) is 25.2. The fourth-order valence-electron chi connectivity index (χ4n) is 17.7. The molecule has 0 amide bonds. The smallest absolute Gasteiger partial charge is 0.140 e. The Kier molecular flexibility index (Phi) is 10.4. The van der Waals surface area contributed by atoms with Crippen LogP contribution in [0.25, 0.3) is 77.2 Å². The first kappa shape index (κ1) is 50.4. The maximum absolute atomic E-state index is 7.34. The van der Waals surface area contributed by atoms with Crippen LogP contribution >= 0.6 is 0 Å². The van der Waals surface area contributed by atoms with Crippen LogP contribution in [-0.4, -0.2) is 0 Å². The molecule has 422 valence electrons. The molecule has 0 bridgehead atoms.